The first kappa shape index (κ1) is 30.8. The molecule has 0 unspecified atom stereocenters. The van der Waals surface area contributed by atoms with E-state index in [1.54, 1.807) is 32.2 Å². The zero-order valence-corrected chi connectivity index (χ0v) is 23.4. The monoisotopic (exact) mass is 594 g/mol. The van der Waals surface area contributed by atoms with Crippen LogP contribution in [0.25, 0.3) is 0 Å². The van der Waals surface area contributed by atoms with E-state index in [4.69, 9.17) is 14.2 Å². The highest BCUT2D eigenvalue weighted by Gasteiger charge is 2.34. The summed E-state index contributed by atoms with van der Waals surface area (Å²) in [6, 6.07) is 8.26. The summed E-state index contributed by atoms with van der Waals surface area (Å²) in [5, 5.41) is 15.0. The topological polar surface area (TPSA) is 130 Å². The van der Waals surface area contributed by atoms with Crippen molar-refractivity contribution >= 4 is 29.2 Å². The van der Waals surface area contributed by atoms with Gasteiger partial charge in [-0.25, -0.2) is 4.79 Å². The Balaban J connectivity index is 1.52. The summed E-state index contributed by atoms with van der Waals surface area (Å²) < 4.78 is 54.5. The highest BCUT2D eigenvalue weighted by molar-refractivity contribution is 6.00. The molecule has 0 aromatic heterocycles. The molecule has 11 nitrogen and oxygen atoms in total. The van der Waals surface area contributed by atoms with Gasteiger partial charge < -0.3 is 39.8 Å². The first-order chi connectivity index (χ1) is 19.8. The number of benzene rings is 2. The fraction of sp³-hybridized carbons (Fsp3) is 0.464. The van der Waals surface area contributed by atoms with Gasteiger partial charge in [0, 0.05) is 43.4 Å². The van der Waals surface area contributed by atoms with E-state index in [1.165, 1.54) is 28.0 Å². The Hall–Kier alpha value is -4.20. The molecule has 0 spiro atoms. The largest absolute Gasteiger partial charge is 0.487 e. The Morgan fingerprint density at radius 2 is 1.76 bits per heavy atom. The van der Waals surface area contributed by atoms with Crippen LogP contribution in [0.2, 0.25) is 0 Å². The van der Waals surface area contributed by atoms with Gasteiger partial charge in [-0.05, 0) is 37.3 Å². The molecule has 0 aliphatic carbocycles. The number of ether oxygens (including phenoxy) is 3. The highest BCUT2D eigenvalue weighted by Crippen LogP contribution is 2.35. The standard InChI is InChI=1S/C28H33F3N4O7/c1-16-12-35(17(2)14-36)26(38)20-10-18(32-25(37)8-9-28(29,30)31)4-6-21(20)42-24(16)13-34(3)27(39)33-19-5-7-22-23(11-19)41-15-40-22/h4-7,10-11,16-17,24,36H,8-9,12-15H2,1-3H3,(H,32,37)(H,33,39)/t16-,17+,24-/m0/s1. The molecular formula is C28H33F3N4O7. The van der Waals surface area contributed by atoms with Crippen LogP contribution in [0.15, 0.2) is 36.4 Å². The Bertz CT molecular complexity index is 1320. The molecule has 2 aliphatic heterocycles. The van der Waals surface area contributed by atoms with Crippen LogP contribution < -0.4 is 24.8 Å². The molecular weight excluding hydrogens is 561 g/mol. The van der Waals surface area contributed by atoms with Crippen molar-refractivity contribution < 1.29 is 46.9 Å². The number of fused-ring (bicyclic) bond motifs is 2. The van der Waals surface area contributed by atoms with Crippen molar-refractivity contribution in [3.63, 3.8) is 0 Å². The van der Waals surface area contributed by atoms with Gasteiger partial charge in [0.15, 0.2) is 11.5 Å². The Morgan fingerprint density at radius 3 is 2.45 bits per heavy atom. The molecule has 2 aromatic rings. The maximum Gasteiger partial charge on any atom is 0.389 e. The van der Waals surface area contributed by atoms with Crippen LogP contribution in [-0.4, -0.2) is 84.6 Å². The molecule has 0 radical (unpaired) electrons. The SMILES string of the molecule is C[C@H](CO)N1C[C@H](C)[C@H](CN(C)C(=O)Nc2ccc3c(c2)OCO3)Oc2ccc(NC(=O)CCC(F)(F)F)cc2C1=O. The van der Waals surface area contributed by atoms with E-state index in [1.807, 2.05) is 6.92 Å². The second kappa shape index (κ2) is 12.8. The fourth-order valence-electron chi connectivity index (χ4n) is 4.54. The van der Waals surface area contributed by atoms with Gasteiger partial charge >= 0.3 is 12.2 Å². The lowest BCUT2D eigenvalue weighted by molar-refractivity contribution is -0.142. The molecule has 2 aliphatic rings. The second-order valence-corrected chi connectivity index (χ2v) is 10.4. The van der Waals surface area contributed by atoms with Crippen molar-refractivity contribution in [1.82, 2.24) is 9.80 Å². The average Bonchev–Trinajstić information content (AvgIpc) is 3.41. The third-order valence-corrected chi connectivity index (χ3v) is 7.01. The molecule has 2 heterocycles. The van der Waals surface area contributed by atoms with E-state index in [2.05, 4.69) is 10.6 Å². The number of anilines is 2. The molecule has 42 heavy (non-hydrogen) atoms. The van der Waals surface area contributed by atoms with Crippen LogP contribution in [-0.2, 0) is 4.79 Å². The number of nitrogens with zero attached hydrogens (tertiary/aromatic N) is 2. The van der Waals surface area contributed by atoms with Crippen molar-refractivity contribution in [3.05, 3.63) is 42.0 Å². The minimum atomic E-state index is -4.48. The first-order valence-corrected chi connectivity index (χ1v) is 13.4. The zero-order valence-electron chi connectivity index (χ0n) is 23.4. The maximum atomic E-state index is 13.5. The Labute approximate surface area is 240 Å². The van der Waals surface area contributed by atoms with Gasteiger partial charge in [0.1, 0.15) is 11.9 Å². The third kappa shape index (κ3) is 7.55. The van der Waals surface area contributed by atoms with E-state index in [9.17, 15) is 32.7 Å². The molecule has 2 aromatic carbocycles. The van der Waals surface area contributed by atoms with Gasteiger partial charge in [-0.3, -0.25) is 9.59 Å². The zero-order chi connectivity index (χ0) is 30.6. The predicted octanol–water partition coefficient (Wildman–Crippen LogP) is 4.08. The summed E-state index contributed by atoms with van der Waals surface area (Å²) in [5.74, 6) is -0.339. The smallest absolute Gasteiger partial charge is 0.389 e. The maximum absolute atomic E-state index is 13.5. The van der Waals surface area contributed by atoms with Crippen molar-refractivity contribution in [2.24, 2.45) is 5.92 Å². The number of nitrogens with one attached hydrogen (secondary N) is 2. The number of carbonyl (C=O) groups is 3. The lowest BCUT2D eigenvalue weighted by atomic mass is 9.99. The summed E-state index contributed by atoms with van der Waals surface area (Å²) in [6.07, 6.45) is -7.11. The van der Waals surface area contributed by atoms with E-state index in [-0.39, 0.29) is 49.4 Å². The number of rotatable bonds is 8. The van der Waals surface area contributed by atoms with Gasteiger partial charge in [-0.15, -0.1) is 0 Å². The summed E-state index contributed by atoms with van der Waals surface area (Å²) in [5.41, 5.74) is 0.694. The fourth-order valence-corrected chi connectivity index (χ4v) is 4.54. The van der Waals surface area contributed by atoms with Crippen molar-refractivity contribution in [2.75, 3.05) is 44.2 Å². The van der Waals surface area contributed by atoms with E-state index in [0.717, 1.165) is 0 Å². The number of hydrogen-bond donors (Lipinski definition) is 3. The molecule has 4 amide bonds. The number of halogens is 3. The van der Waals surface area contributed by atoms with Crippen LogP contribution in [0.1, 0.15) is 37.0 Å². The van der Waals surface area contributed by atoms with E-state index >= 15 is 0 Å². The molecule has 0 saturated heterocycles. The normalized spacial score (nSPS) is 18.7. The van der Waals surface area contributed by atoms with Crippen LogP contribution in [0.3, 0.4) is 0 Å². The van der Waals surface area contributed by atoms with Crippen molar-refractivity contribution in [3.8, 4) is 17.2 Å². The minimum Gasteiger partial charge on any atom is -0.487 e. The van der Waals surface area contributed by atoms with Gasteiger partial charge in [-0.1, -0.05) is 6.92 Å². The second-order valence-electron chi connectivity index (χ2n) is 10.4. The summed E-state index contributed by atoms with van der Waals surface area (Å²) in [6.45, 7) is 3.64. The minimum absolute atomic E-state index is 0.0632. The Kier molecular flexibility index (Phi) is 9.34. The molecule has 228 valence electrons. The van der Waals surface area contributed by atoms with Crippen LogP contribution in [0.5, 0.6) is 17.2 Å². The quantitative estimate of drug-likeness (QED) is 0.420. The van der Waals surface area contributed by atoms with Gasteiger partial charge in [0.25, 0.3) is 5.91 Å². The number of aliphatic hydroxyl groups excluding tert-OH is 1. The van der Waals surface area contributed by atoms with E-state index in [0.29, 0.717) is 17.2 Å². The van der Waals surface area contributed by atoms with Crippen molar-refractivity contribution in [1.29, 1.82) is 0 Å². The van der Waals surface area contributed by atoms with Gasteiger partial charge in [0.05, 0.1) is 31.2 Å². The number of alkyl halides is 3. The van der Waals surface area contributed by atoms with E-state index < -0.39 is 49.0 Å². The van der Waals surface area contributed by atoms with Crippen LogP contribution in [0.4, 0.5) is 29.3 Å². The molecule has 0 fully saturated rings. The number of hydrogen-bond acceptors (Lipinski definition) is 7. The molecule has 0 bridgehead atoms. The molecule has 4 rings (SSSR count). The molecule has 3 N–H and O–H groups in total. The molecule has 14 heteroatoms. The van der Waals surface area contributed by atoms with Gasteiger partial charge in [-0.2, -0.15) is 13.2 Å². The Morgan fingerprint density at radius 1 is 1.10 bits per heavy atom. The first-order valence-electron chi connectivity index (χ1n) is 13.4. The van der Waals surface area contributed by atoms with Crippen LogP contribution in [0, 0.1) is 5.92 Å². The predicted molar refractivity (Wildman–Crippen MR) is 146 cm³/mol. The lowest BCUT2D eigenvalue weighted by Crippen LogP contribution is -2.50. The number of urea groups is 1. The van der Waals surface area contributed by atoms with Crippen molar-refractivity contribution in [2.45, 2.75) is 45.0 Å². The molecule has 3 atom stereocenters. The third-order valence-electron chi connectivity index (χ3n) is 7.01. The highest BCUT2D eigenvalue weighted by atomic mass is 19.4. The summed E-state index contributed by atoms with van der Waals surface area (Å²) >= 11 is 0. The average molecular weight is 595 g/mol. The lowest BCUT2D eigenvalue weighted by Gasteiger charge is -2.38. The summed E-state index contributed by atoms with van der Waals surface area (Å²) in [4.78, 5) is 41.5. The number of carbonyl (C=O) groups excluding carboxylic acids is 3. The number of likely N-dealkylation sites (N-methyl/N-ethyl adjacent to an activating group) is 1. The molecule has 0 saturated carbocycles. The van der Waals surface area contributed by atoms with Gasteiger partial charge in [0.2, 0.25) is 12.7 Å². The number of amides is 4. The van der Waals surface area contributed by atoms with Crippen LogP contribution >= 0.6 is 0 Å². The summed E-state index contributed by atoms with van der Waals surface area (Å²) in [7, 11) is 1.59. The number of aliphatic hydroxyl groups is 1.